The van der Waals surface area contributed by atoms with Gasteiger partial charge in [-0.25, -0.2) is 14.4 Å². The minimum Gasteiger partial charge on any atom is -0.324 e. The first-order valence-corrected chi connectivity index (χ1v) is 13.3. The molecule has 188 valence electrons. The zero-order valence-electron chi connectivity index (χ0n) is 20.2. The number of halogens is 1. The molecule has 10 heteroatoms. The molecule has 7 rings (SSSR count). The number of nitrogens with one attached hydrogen (secondary N) is 3. The molecule has 0 unspecified atom stereocenters. The second kappa shape index (κ2) is 9.14. The van der Waals surface area contributed by atoms with E-state index in [0.29, 0.717) is 39.4 Å². The number of carbonyl (C=O) groups excluding carboxylic acids is 1. The van der Waals surface area contributed by atoms with Gasteiger partial charge in [-0.3, -0.25) is 14.9 Å². The van der Waals surface area contributed by atoms with Crippen LogP contribution in [0.25, 0.3) is 55.2 Å². The van der Waals surface area contributed by atoms with E-state index >= 15 is 4.39 Å². The van der Waals surface area contributed by atoms with E-state index in [1.165, 1.54) is 6.07 Å². The zero-order chi connectivity index (χ0) is 25.6. The van der Waals surface area contributed by atoms with Crippen LogP contribution >= 0.6 is 11.3 Å². The summed E-state index contributed by atoms with van der Waals surface area (Å²) in [5.74, 6) is 0.111. The quantitative estimate of drug-likeness (QED) is 0.237. The van der Waals surface area contributed by atoms with Crippen molar-refractivity contribution in [1.82, 2.24) is 30.1 Å². The summed E-state index contributed by atoms with van der Waals surface area (Å²) in [5.41, 5.74) is 5.02. The molecule has 8 nitrogen and oxygen atoms in total. The number of anilines is 1. The van der Waals surface area contributed by atoms with Crippen molar-refractivity contribution in [3.8, 4) is 33.1 Å². The predicted octanol–water partition coefficient (Wildman–Crippen LogP) is 6.56. The van der Waals surface area contributed by atoms with Crippen LogP contribution in [0.5, 0.6) is 0 Å². The number of rotatable bonds is 5. The highest BCUT2D eigenvalue weighted by atomic mass is 32.1. The minimum atomic E-state index is -0.440. The molecule has 0 aliphatic heterocycles. The maximum absolute atomic E-state index is 15.2. The lowest BCUT2D eigenvalue weighted by atomic mass is 10.0. The number of carbonyl (C=O) groups is 1. The fraction of sp³-hybridized carbons (Fsp3) is 0.179. The molecule has 0 saturated heterocycles. The number of fused-ring (bicyclic) bond motifs is 2. The lowest BCUT2D eigenvalue weighted by molar-refractivity contribution is -0.119. The van der Waals surface area contributed by atoms with Gasteiger partial charge < -0.3 is 10.3 Å². The van der Waals surface area contributed by atoms with E-state index in [0.717, 1.165) is 41.6 Å². The number of aromatic amines is 2. The first-order valence-electron chi connectivity index (χ1n) is 12.5. The van der Waals surface area contributed by atoms with Gasteiger partial charge in [-0.05, 0) is 54.1 Å². The van der Waals surface area contributed by atoms with Crippen molar-refractivity contribution in [2.24, 2.45) is 5.92 Å². The Labute approximate surface area is 220 Å². The van der Waals surface area contributed by atoms with Crippen LogP contribution in [0.15, 0.2) is 60.4 Å². The summed E-state index contributed by atoms with van der Waals surface area (Å²) < 4.78 is 15.2. The maximum atomic E-state index is 15.2. The van der Waals surface area contributed by atoms with Crippen molar-refractivity contribution in [3.05, 3.63) is 66.2 Å². The number of benzene rings is 1. The third-order valence-electron chi connectivity index (χ3n) is 7.09. The van der Waals surface area contributed by atoms with Gasteiger partial charge in [0.25, 0.3) is 0 Å². The third kappa shape index (κ3) is 3.93. The largest absolute Gasteiger partial charge is 0.324 e. The topological polar surface area (TPSA) is 112 Å². The van der Waals surface area contributed by atoms with Crippen LogP contribution < -0.4 is 5.32 Å². The number of imidazole rings is 1. The monoisotopic (exact) mass is 523 g/mol. The first kappa shape index (κ1) is 22.7. The summed E-state index contributed by atoms with van der Waals surface area (Å²) in [6, 6.07) is 11.1. The molecule has 0 bridgehead atoms. The number of amides is 1. The summed E-state index contributed by atoms with van der Waals surface area (Å²) in [6.07, 6.45) is 9.00. The van der Waals surface area contributed by atoms with Crippen LogP contribution in [0.3, 0.4) is 0 Å². The Balaban J connectivity index is 1.28. The van der Waals surface area contributed by atoms with Gasteiger partial charge in [0.15, 0.2) is 11.5 Å². The van der Waals surface area contributed by atoms with Crippen LogP contribution in [0, 0.1) is 11.7 Å². The number of hydrogen-bond donors (Lipinski definition) is 3. The highest BCUT2D eigenvalue weighted by Gasteiger charge is 2.23. The molecular formula is C28H22FN7OS. The zero-order valence-corrected chi connectivity index (χ0v) is 21.0. The second-order valence-corrected chi connectivity index (χ2v) is 10.5. The molecule has 1 aromatic carbocycles. The Hall–Kier alpha value is -4.44. The lowest BCUT2D eigenvalue weighted by Gasteiger charge is -2.11. The van der Waals surface area contributed by atoms with E-state index in [4.69, 9.17) is 4.98 Å². The van der Waals surface area contributed by atoms with Gasteiger partial charge >= 0.3 is 0 Å². The Bertz CT molecular complexity index is 1800. The fourth-order valence-corrected chi connectivity index (χ4v) is 5.93. The SMILES string of the molecule is O=C(Nc1cncc(-c2cc(F)c3[nH]nc(-c4nc5c(-c6cccs6)ccnc5[nH]4)c3c2)c1)C1CCCC1. The van der Waals surface area contributed by atoms with Crippen LogP contribution in [-0.4, -0.2) is 36.0 Å². The Morgan fingerprint density at radius 2 is 2.00 bits per heavy atom. The van der Waals surface area contributed by atoms with Crippen LogP contribution in [0.1, 0.15) is 25.7 Å². The highest BCUT2D eigenvalue weighted by Crippen LogP contribution is 2.35. The van der Waals surface area contributed by atoms with E-state index in [1.54, 1.807) is 29.9 Å². The van der Waals surface area contributed by atoms with Gasteiger partial charge in [-0.2, -0.15) is 5.10 Å². The van der Waals surface area contributed by atoms with Gasteiger partial charge in [0.05, 0.1) is 11.9 Å². The van der Waals surface area contributed by atoms with Gasteiger partial charge in [0.2, 0.25) is 5.91 Å². The molecule has 1 aliphatic carbocycles. The summed E-state index contributed by atoms with van der Waals surface area (Å²) in [5, 5.41) is 12.8. The Kier molecular flexibility index (Phi) is 5.47. The van der Waals surface area contributed by atoms with Crippen molar-refractivity contribution in [3.63, 3.8) is 0 Å². The molecule has 3 N–H and O–H groups in total. The number of hydrogen-bond acceptors (Lipinski definition) is 6. The molecule has 5 heterocycles. The molecular weight excluding hydrogens is 501 g/mol. The standard InChI is InChI=1S/C28H22FN7OS/c29-21-12-16(17-10-18(14-30-13-17)32-28(37)15-4-1-2-5-15)11-20-23(21)35-36-25(20)27-33-24-19(22-6-3-9-38-22)7-8-31-26(24)34-27/h3,6-15H,1-2,4-5H2,(H,32,37)(H,35,36)(H,31,33,34). The number of thiophene rings is 1. The number of aromatic nitrogens is 6. The Morgan fingerprint density at radius 1 is 1.11 bits per heavy atom. The molecule has 0 radical (unpaired) electrons. The fourth-order valence-electron chi connectivity index (χ4n) is 5.18. The van der Waals surface area contributed by atoms with Crippen LogP contribution in [-0.2, 0) is 4.79 Å². The molecule has 38 heavy (non-hydrogen) atoms. The van der Waals surface area contributed by atoms with E-state index < -0.39 is 5.82 Å². The minimum absolute atomic E-state index is 0.0145. The average molecular weight is 524 g/mol. The molecule has 1 amide bonds. The maximum Gasteiger partial charge on any atom is 0.227 e. The lowest BCUT2D eigenvalue weighted by Crippen LogP contribution is -2.20. The smallest absolute Gasteiger partial charge is 0.227 e. The second-order valence-electron chi connectivity index (χ2n) is 9.50. The highest BCUT2D eigenvalue weighted by molar-refractivity contribution is 7.13. The van der Waals surface area contributed by atoms with Crippen LogP contribution in [0.2, 0.25) is 0 Å². The van der Waals surface area contributed by atoms with Crippen molar-refractivity contribution >= 4 is 45.0 Å². The molecule has 0 atom stereocenters. The van der Waals surface area contributed by atoms with Gasteiger partial charge in [0.1, 0.15) is 22.5 Å². The number of nitrogens with zero attached hydrogens (tertiary/aromatic N) is 4. The predicted molar refractivity (Wildman–Crippen MR) is 146 cm³/mol. The van der Waals surface area contributed by atoms with E-state index in [1.807, 2.05) is 35.7 Å². The molecule has 6 aromatic rings. The van der Waals surface area contributed by atoms with Gasteiger partial charge in [0, 0.05) is 39.7 Å². The summed E-state index contributed by atoms with van der Waals surface area (Å²) in [4.78, 5) is 30.5. The summed E-state index contributed by atoms with van der Waals surface area (Å²) in [7, 11) is 0. The third-order valence-corrected chi connectivity index (χ3v) is 7.99. The van der Waals surface area contributed by atoms with Crippen molar-refractivity contribution in [2.45, 2.75) is 25.7 Å². The van der Waals surface area contributed by atoms with E-state index in [-0.39, 0.29) is 17.3 Å². The van der Waals surface area contributed by atoms with Gasteiger partial charge in [-0.1, -0.05) is 18.9 Å². The average Bonchev–Trinajstić information content (AvgIpc) is 3.74. The summed E-state index contributed by atoms with van der Waals surface area (Å²) >= 11 is 1.63. The number of H-pyrrole nitrogens is 2. The number of pyridine rings is 2. The van der Waals surface area contributed by atoms with Crippen molar-refractivity contribution < 1.29 is 9.18 Å². The molecule has 1 fully saturated rings. The normalized spacial score (nSPS) is 14.0. The van der Waals surface area contributed by atoms with E-state index in [9.17, 15) is 4.79 Å². The molecule has 1 aliphatic rings. The van der Waals surface area contributed by atoms with Crippen LogP contribution in [0.4, 0.5) is 10.1 Å². The molecule has 0 spiro atoms. The Morgan fingerprint density at radius 3 is 2.84 bits per heavy atom. The molecule has 5 aromatic heterocycles. The molecule has 1 saturated carbocycles. The van der Waals surface area contributed by atoms with Crippen molar-refractivity contribution in [2.75, 3.05) is 5.32 Å². The summed E-state index contributed by atoms with van der Waals surface area (Å²) in [6.45, 7) is 0. The van der Waals surface area contributed by atoms with Gasteiger partial charge in [-0.15, -0.1) is 11.3 Å². The van der Waals surface area contributed by atoms with E-state index in [2.05, 4.69) is 30.5 Å². The van der Waals surface area contributed by atoms with Crippen molar-refractivity contribution in [1.29, 1.82) is 0 Å². The first-order chi connectivity index (χ1) is 18.6.